The topological polar surface area (TPSA) is 94.8 Å². The average Bonchev–Trinajstić information content (AvgIpc) is 3.19. The Hall–Kier alpha value is -2.31. The fraction of sp³-hybridized carbons (Fsp3) is 0.500. The SMILES string of the molecule is C[C@H]1COC2(CCN(c3nc(=O)c4cc(C(F)(F)F)cc([N+](=O)[O-])c4s3)C2)O1. The predicted octanol–water partition coefficient (Wildman–Crippen LogP) is 2.93. The first kappa shape index (κ1) is 19.0. The van der Waals surface area contributed by atoms with E-state index in [-0.39, 0.29) is 22.5 Å². The molecule has 0 amide bonds. The Balaban J connectivity index is 1.79. The Morgan fingerprint density at radius 1 is 1.43 bits per heavy atom. The Kier molecular flexibility index (Phi) is 4.32. The molecule has 1 aromatic carbocycles. The molecule has 0 N–H and O–H groups in total. The summed E-state index contributed by atoms with van der Waals surface area (Å²) >= 11 is 0.810. The molecule has 12 heteroatoms. The maximum absolute atomic E-state index is 13.0. The van der Waals surface area contributed by atoms with E-state index in [2.05, 4.69) is 4.98 Å². The summed E-state index contributed by atoms with van der Waals surface area (Å²) in [5.41, 5.74) is -2.97. The summed E-state index contributed by atoms with van der Waals surface area (Å²) in [4.78, 5) is 28.4. The van der Waals surface area contributed by atoms with Gasteiger partial charge >= 0.3 is 6.18 Å². The number of nitrogens with zero attached hydrogens (tertiary/aromatic N) is 3. The van der Waals surface area contributed by atoms with Crippen LogP contribution < -0.4 is 10.5 Å². The molecule has 8 nitrogen and oxygen atoms in total. The third kappa shape index (κ3) is 3.20. The molecule has 0 aliphatic carbocycles. The Morgan fingerprint density at radius 3 is 2.79 bits per heavy atom. The van der Waals surface area contributed by atoms with Crippen LogP contribution in [-0.4, -0.2) is 41.5 Å². The van der Waals surface area contributed by atoms with Crippen molar-refractivity contribution in [3.8, 4) is 0 Å². The molecule has 2 aromatic rings. The predicted molar refractivity (Wildman–Crippen MR) is 93.6 cm³/mol. The zero-order chi connectivity index (χ0) is 20.3. The first-order valence-corrected chi connectivity index (χ1v) is 9.17. The van der Waals surface area contributed by atoms with Crippen LogP contribution in [-0.2, 0) is 15.7 Å². The number of benzene rings is 1. The minimum Gasteiger partial charge on any atom is -0.345 e. The van der Waals surface area contributed by atoms with Crippen molar-refractivity contribution in [3.05, 3.63) is 38.2 Å². The van der Waals surface area contributed by atoms with Gasteiger partial charge in [0.1, 0.15) is 4.70 Å². The smallest absolute Gasteiger partial charge is 0.345 e. The normalized spacial score (nSPS) is 25.1. The van der Waals surface area contributed by atoms with E-state index in [1.807, 2.05) is 6.92 Å². The molecular formula is C16H14F3N3O5S. The quantitative estimate of drug-likeness (QED) is 0.548. The molecule has 28 heavy (non-hydrogen) atoms. The molecular weight excluding hydrogens is 403 g/mol. The van der Waals surface area contributed by atoms with Crippen LogP contribution in [0.3, 0.4) is 0 Å². The van der Waals surface area contributed by atoms with E-state index in [1.54, 1.807) is 4.90 Å². The Labute approximate surface area is 159 Å². The Bertz CT molecular complexity index is 1030. The number of aromatic nitrogens is 1. The van der Waals surface area contributed by atoms with Gasteiger partial charge in [0.2, 0.25) is 0 Å². The number of ether oxygens (including phenoxy) is 2. The summed E-state index contributed by atoms with van der Waals surface area (Å²) in [7, 11) is 0. The number of anilines is 1. The molecule has 2 aliphatic heterocycles. The van der Waals surface area contributed by atoms with Crippen molar-refractivity contribution in [1.29, 1.82) is 0 Å². The number of nitro groups is 1. The lowest BCUT2D eigenvalue weighted by atomic mass is 10.1. The standard InChI is InChI=1S/C16H14F3N3O5S/c1-8-6-26-15(27-8)2-3-21(7-15)14-20-13(23)10-4-9(16(17,18)19)5-11(22(24)25)12(10)28-14/h4-5,8H,2-3,6-7H2,1H3/t8-,15?/m0/s1. The average molecular weight is 417 g/mol. The molecule has 150 valence electrons. The fourth-order valence-electron chi connectivity index (χ4n) is 3.41. The van der Waals surface area contributed by atoms with E-state index in [0.29, 0.717) is 31.7 Å². The minimum atomic E-state index is -4.82. The third-order valence-electron chi connectivity index (χ3n) is 4.68. The van der Waals surface area contributed by atoms with Crippen LogP contribution in [0.1, 0.15) is 18.9 Å². The second-order valence-corrected chi connectivity index (χ2v) is 7.73. The molecule has 2 saturated heterocycles. The largest absolute Gasteiger partial charge is 0.416 e. The first-order valence-electron chi connectivity index (χ1n) is 8.35. The molecule has 4 rings (SSSR count). The Morgan fingerprint density at radius 2 is 2.18 bits per heavy atom. The van der Waals surface area contributed by atoms with E-state index >= 15 is 0 Å². The monoisotopic (exact) mass is 417 g/mol. The fourth-order valence-corrected chi connectivity index (χ4v) is 4.50. The van der Waals surface area contributed by atoms with Gasteiger partial charge in [0.15, 0.2) is 10.9 Å². The van der Waals surface area contributed by atoms with Gasteiger partial charge in [-0.1, -0.05) is 11.3 Å². The number of non-ortho nitro benzene ring substituents is 1. The highest BCUT2D eigenvalue weighted by Crippen LogP contribution is 2.40. The summed E-state index contributed by atoms with van der Waals surface area (Å²) in [6.07, 6.45) is -4.37. The van der Waals surface area contributed by atoms with Crippen LogP contribution in [0.5, 0.6) is 0 Å². The van der Waals surface area contributed by atoms with Crippen molar-refractivity contribution in [2.75, 3.05) is 24.6 Å². The van der Waals surface area contributed by atoms with Crippen molar-refractivity contribution in [2.45, 2.75) is 31.4 Å². The number of hydrogen-bond donors (Lipinski definition) is 0. The van der Waals surface area contributed by atoms with E-state index in [4.69, 9.17) is 9.47 Å². The van der Waals surface area contributed by atoms with Crippen molar-refractivity contribution >= 4 is 32.2 Å². The molecule has 0 radical (unpaired) electrons. The van der Waals surface area contributed by atoms with Gasteiger partial charge in [-0.05, 0) is 13.0 Å². The van der Waals surface area contributed by atoms with Gasteiger partial charge in [-0.15, -0.1) is 0 Å². The zero-order valence-corrected chi connectivity index (χ0v) is 15.3. The van der Waals surface area contributed by atoms with Gasteiger partial charge < -0.3 is 14.4 Å². The summed E-state index contributed by atoms with van der Waals surface area (Å²) < 4.78 is 50.5. The lowest BCUT2D eigenvalue weighted by Crippen LogP contribution is -2.35. The number of alkyl halides is 3. The van der Waals surface area contributed by atoms with Crippen molar-refractivity contribution in [1.82, 2.24) is 4.98 Å². The number of fused-ring (bicyclic) bond motifs is 1. The number of hydrogen-bond acceptors (Lipinski definition) is 8. The molecule has 2 fully saturated rings. The molecule has 3 heterocycles. The molecule has 1 unspecified atom stereocenters. The second-order valence-electron chi connectivity index (χ2n) is 6.75. The van der Waals surface area contributed by atoms with Crippen LogP contribution in [0.15, 0.2) is 16.9 Å². The van der Waals surface area contributed by atoms with Gasteiger partial charge in [-0.25, -0.2) is 0 Å². The number of halogens is 3. The first-order chi connectivity index (χ1) is 13.1. The maximum Gasteiger partial charge on any atom is 0.416 e. The lowest BCUT2D eigenvalue weighted by molar-refractivity contribution is -0.383. The third-order valence-corrected chi connectivity index (χ3v) is 5.84. The van der Waals surface area contributed by atoms with Crippen LogP contribution >= 0.6 is 11.3 Å². The molecule has 1 aromatic heterocycles. The van der Waals surface area contributed by atoms with E-state index < -0.39 is 39.1 Å². The van der Waals surface area contributed by atoms with Crippen molar-refractivity contribution in [2.24, 2.45) is 0 Å². The highest BCUT2D eigenvalue weighted by atomic mass is 32.1. The summed E-state index contributed by atoms with van der Waals surface area (Å²) in [6.45, 7) is 3.02. The molecule has 2 atom stereocenters. The zero-order valence-electron chi connectivity index (χ0n) is 14.5. The maximum atomic E-state index is 13.0. The van der Waals surface area contributed by atoms with Crippen LogP contribution in [0.25, 0.3) is 10.1 Å². The molecule has 0 saturated carbocycles. The van der Waals surface area contributed by atoms with Gasteiger partial charge in [-0.3, -0.25) is 14.9 Å². The van der Waals surface area contributed by atoms with Gasteiger partial charge in [0.05, 0.1) is 35.1 Å². The number of nitro benzene ring substituents is 1. The van der Waals surface area contributed by atoms with Gasteiger partial charge in [0, 0.05) is 19.0 Å². The van der Waals surface area contributed by atoms with E-state index in [1.165, 1.54) is 0 Å². The molecule has 0 bridgehead atoms. The van der Waals surface area contributed by atoms with E-state index in [0.717, 1.165) is 11.3 Å². The van der Waals surface area contributed by atoms with E-state index in [9.17, 15) is 28.1 Å². The lowest BCUT2D eigenvalue weighted by Gasteiger charge is -2.23. The highest BCUT2D eigenvalue weighted by molar-refractivity contribution is 7.22. The van der Waals surface area contributed by atoms with Crippen LogP contribution in [0.4, 0.5) is 24.0 Å². The van der Waals surface area contributed by atoms with Gasteiger partial charge in [-0.2, -0.15) is 18.2 Å². The van der Waals surface area contributed by atoms with Crippen LogP contribution in [0, 0.1) is 10.1 Å². The summed E-state index contributed by atoms with van der Waals surface area (Å²) in [5.74, 6) is -0.822. The number of rotatable bonds is 2. The van der Waals surface area contributed by atoms with Crippen LogP contribution in [0.2, 0.25) is 0 Å². The highest BCUT2D eigenvalue weighted by Gasteiger charge is 2.46. The van der Waals surface area contributed by atoms with Gasteiger partial charge in [0.25, 0.3) is 11.2 Å². The molecule has 1 spiro atoms. The second kappa shape index (κ2) is 6.36. The molecule has 2 aliphatic rings. The minimum absolute atomic E-state index is 0.0786. The summed E-state index contributed by atoms with van der Waals surface area (Å²) in [5, 5.41) is 11.1. The van der Waals surface area contributed by atoms with Crippen molar-refractivity contribution in [3.63, 3.8) is 0 Å². The van der Waals surface area contributed by atoms with Crippen molar-refractivity contribution < 1.29 is 27.6 Å². The summed E-state index contributed by atoms with van der Waals surface area (Å²) in [6, 6.07) is 1.05.